The van der Waals surface area contributed by atoms with Crippen molar-refractivity contribution in [3.8, 4) is 0 Å². The van der Waals surface area contributed by atoms with Crippen LogP contribution in [0.4, 0.5) is 10.7 Å². The number of fused-ring (bicyclic) bond motifs is 2. The highest BCUT2D eigenvalue weighted by Crippen LogP contribution is 2.37. The fourth-order valence-electron chi connectivity index (χ4n) is 5.62. The summed E-state index contributed by atoms with van der Waals surface area (Å²) in [5, 5.41) is 15.7. The van der Waals surface area contributed by atoms with Crippen molar-refractivity contribution in [2.24, 2.45) is 5.92 Å². The number of para-hydroxylation sites is 2. The van der Waals surface area contributed by atoms with Gasteiger partial charge in [-0.25, -0.2) is 14.8 Å². The summed E-state index contributed by atoms with van der Waals surface area (Å²) in [7, 11) is 0. The first-order valence-corrected chi connectivity index (χ1v) is 13.8. The van der Waals surface area contributed by atoms with Gasteiger partial charge in [0.1, 0.15) is 4.60 Å². The molecule has 2 atom stereocenters. The van der Waals surface area contributed by atoms with E-state index in [-0.39, 0.29) is 18.0 Å². The third-order valence-corrected chi connectivity index (χ3v) is 8.06. The predicted octanol–water partition coefficient (Wildman–Crippen LogP) is 5.29. The number of carboxylic acid groups (broad SMARTS) is 1. The Morgan fingerprint density at radius 3 is 2.67 bits per heavy atom. The van der Waals surface area contributed by atoms with Crippen LogP contribution in [0.1, 0.15) is 56.8 Å². The van der Waals surface area contributed by atoms with Crippen molar-refractivity contribution in [1.29, 1.82) is 0 Å². The zero-order valence-corrected chi connectivity index (χ0v) is 22.5. The number of anilines is 1. The van der Waals surface area contributed by atoms with Gasteiger partial charge in [0.25, 0.3) is 0 Å². The van der Waals surface area contributed by atoms with Gasteiger partial charge >= 0.3 is 6.09 Å². The van der Waals surface area contributed by atoms with Crippen molar-refractivity contribution in [3.05, 3.63) is 52.3 Å². The molecule has 1 aliphatic heterocycles. The van der Waals surface area contributed by atoms with Crippen LogP contribution in [0.2, 0.25) is 0 Å². The molecule has 1 aromatic carbocycles. The van der Waals surface area contributed by atoms with Crippen LogP contribution < -0.4 is 10.6 Å². The maximum absolute atomic E-state index is 11.2. The molecule has 5 rings (SSSR count). The molecular weight excluding hydrogens is 520 g/mol. The molecule has 1 amide bonds. The van der Waals surface area contributed by atoms with E-state index in [4.69, 9.17) is 9.97 Å². The van der Waals surface area contributed by atoms with Crippen LogP contribution >= 0.6 is 15.9 Å². The second-order valence-corrected chi connectivity index (χ2v) is 11.2. The molecule has 1 fully saturated rings. The molecule has 2 unspecified atom stereocenters. The molecule has 3 heterocycles. The minimum absolute atomic E-state index is 0.0607. The average Bonchev–Trinajstić information content (AvgIpc) is 3.21. The van der Waals surface area contributed by atoms with Gasteiger partial charge in [0, 0.05) is 31.7 Å². The van der Waals surface area contributed by atoms with Crippen molar-refractivity contribution in [2.75, 3.05) is 25.0 Å². The normalized spacial score (nSPS) is 19.8. The van der Waals surface area contributed by atoms with E-state index in [0.717, 1.165) is 79.0 Å². The first kappa shape index (κ1) is 25.0. The lowest BCUT2D eigenvalue weighted by Gasteiger charge is -2.36. The van der Waals surface area contributed by atoms with Gasteiger partial charge in [-0.3, -0.25) is 0 Å². The Balaban J connectivity index is 1.35. The van der Waals surface area contributed by atoms with Gasteiger partial charge < -0.3 is 25.2 Å². The highest BCUT2D eigenvalue weighted by Gasteiger charge is 2.29. The van der Waals surface area contributed by atoms with E-state index in [1.165, 1.54) is 5.56 Å². The smallest absolute Gasteiger partial charge is 0.404 e. The molecule has 3 N–H and O–H groups in total. The number of benzene rings is 1. The van der Waals surface area contributed by atoms with E-state index < -0.39 is 6.09 Å². The number of imidazole rings is 1. The van der Waals surface area contributed by atoms with E-state index in [1.807, 2.05) is 12.1 Å². The van der Waals surface area contributed by atoms with Crippen LogP contribution in [0.5, 0.6) is 0 Å². The standard InChI is InChI=1S/C27H35BrN6O2/c1-17(2)21(31-27(35)36)16-33-14-12-19(13-15-33)29-26-30-20-7-3-4-8-22(20)34(26)23-9-5-6-18-10-11-24(28)32-25(18)23/h3-4,7-8,10-11,17,19,21,23,31H,5-6,9,12-16H2,1-2H3,(H,29,30)(H,35,36). The van der Waals surface area contributed by atoms with Crippen molar-refractivity contribution < 1.29 is 9.90 Å². The largest absolute Gasteiger partial charge is 0.465 e. The summed E-state index contributed by atoms with van der Waals surface area (Å²) in [4.78, 5) is 23.5. The number of pyridine rings is 1. The summed E-state index contributed by atoms with van der Waals surface area (Å²) in [5.41, 5.74) is 4.60. The minimum atomic E-state index is -0.949. The van der Waals surface area contributed by atoms with Crippen molar-refractivity contribution in [2.45, 2.75) is 64.1 Å². The van der Waals surface area contributed by atoms with Crippen LogP contribution in [0.25, 0.3) is 11.0 Å². The molecule has 8 nitrogen and oxygen atoms in total. The number of hydrogen-bond acceptors (Lipinski definition) is 5. The van der Waals surface area contributed by atoms with E-state index in [9.17, 15) is 9.90 Å². The first-order valence-electron chi connectivity index (χ1n) is 13.0. The summed E-state index contributed by atoms with van der Waals surface area (Å²) in [6, 6.07) is 13.0. The number of nitrogens with one attached hydrogen (secondary N) is 2. The molecule has 1 aliphatic carbocycles. The summed E-state index contributed by atoms with van der Waals surface area (Å²) < 4.78 is 3.24. The Morgan fingerprint density at radius 2 is 1.92 bits per heavy atom. The molecule has 0 radical (unpaired) electrons. The fourth-order valence-corrected chi connectivity index (χ4v) is 5.94. The Bertz CT molecular complexity index is 1220. The van der Waals surface area contributed by atoms with Crippen LogP contribution in [-0.2, 0) is 6.42 Å². The Morgan fingerprint density at radius 1 is 1.14 bits per heavy atom. The summed E-state index contributed by atoms with van der Waals surface area (Å²) in [5.74, 6) is 1.17. The lowest BCUT2D eigenvalue weighted by molar-refractivity contribution is 0.160. The monoisotopic (exact) mass is 554 g/mol. The molecule has 2 aliphatic rings. The van der Waals surface area contributed by atoms with Gasteiger partial charge in [-0.05, 0) is 77.7 Å². The first-order chi connectivity index (χ1) is 17.4. The second kappa shape index (κ2) is 10.8. The van der Waals surface area contributed by atoms with E-state index in [1.54, 1.807) is 0 Å². The highest BCUT2D eigenvalue weighted by atomic mass is 79.9. The van der Waals surface area contributed by atoms with Gasteiger partial charge in [0.2, 0.25) is 5.95 Å². The number of piperidine rings is 1. The third-order valence-electron chi connectivity index (χ3n) is 7.61. The number of hydrogen-bond donors (Lipinski definition) is 3. The lowest BCUT2D eigenvalue weighted by Crippen LogP contribution is -2.49. The minimum Gasteiger partial charge on any atom is -0.465 e. The maximum Gasteiger partial charge on any atom is 0.404 e. The van der Waals surface area contributed by atoms with Gasteiger partial charge in [-0.2, -0.15) is 0 Å². The quantitative estimate of drug-likeness (QED) is 0.343. The van der Waals surface area contributed by atoms with Crippen molar-refractivity contribution >= 4 is 39.0 Å². The Kier molecular flexibility index (Phi) is 7.48. The molecule has 1 saturated heterocycles. The van der Waals surface area contributed by atoms with Crippen LogP contribution in [0.15, 0.2) is 41.0 Å². The SMILES string of the molecule is CC(C)C(CN1CCC(Nc2nc3ccccc3n2C2CCCc3ccc(Br)nc32)CC1)NC(=O)O. The van der Waals surface area contributed by atoms with Crippen molar-refractivity contribution in [3.63, 3.8) is 0 Å². The van der Waals surface area contributed by atoms with Crippen LogP contribution in [0.3, 0.4) is 0 Å². The zero-order chi connectivity index (χ0) is 25.2. The predicted molar refractivity (Wildman–Crippen MR) is 146 cm³/mol. The average molecular weight is 556 g/mol. The van der Waals surface area contributed by atoms with Crippen molar-refractivity contribution in [1.82, 2.24) is 24.8 Å². The van der Waals surface area contributed by atoms with Crippen LogP contribution in [-0.4, -0.2) is 62.4 Å². The zero-order valence-electron chi connectivity index (χ0n) is 21.0. The molecule has 2 aromatic heterocycles. The topological polar surface area (TPSA) is 95.3 Å². The second-order valence-electron chi connectivity index (χ2n) is 10.4. The Hall–Kier alpha value is -2.65. The summed E-state index contributed by atoms with van der Waals surface area (Å²) >= 11 is 3.58. The summed E-state index contributed by atoms with van der Waals surface area (Å²) in [6.45, 7) is 6.74. The number of rotatable bonds is 7. The number of aryl methyl sites for hydroxylation is 1. The van der Waals surface area contributed by atoms with E-state index in [2.05, 4.69) is 74.1 Å². The molecule has 192 valence electrons. The number of carbonyl (C=O) groups is 1. The van der Waals surface area contributed by atoms with Gasteiger partial charge in [0.05, 0.1) is 22.8 Å². The molecular formula is C27H35BrN6O2. The molecule has 36 heavy (non-hydrogen) atoms. The molecule has 3 aromatic rings. The molecule has 0 bridgehead atoms. The maximum atomic E-state index is 11.2. The highest BCUT2D eigenvalue weighted by molar-refractivity contribution is 9.10. The van der Waals surface area contributed by atoms with E-state index in [0.29, 0.717) is 6.04 Å². The van der Waals surface area contributed by atoms with E-state index >= 15 is 0 Å². The van der Waals surface area contributed by atoms with Gasteiger partial charge in [-0.1, -0.05) is 32.0 Å². The van der Waals surface area contributed by atoms with Gasteiger partial charge in [0.15, 0.2) is 0 Å². The number of nitrogens with zero attached hydrogens (tertiary/aromatic N) is 4. The van der Waals surface area contributed by atoms with Crippen LogP contribution in [0, 0.1) is 5.92 Å². The Labute approximate surface area is 220 Å². The van der Waals surface area contributed by atoms with Gasteiger partial charge in [-0.15, -0.1) is 0 Å². The molecule has 9 heteroatoms. The number of halogens is 1. The number of likely N-dealkylation sites (tertiary alicyclic amines) is 1. The number of aromatic nitrogens is 3. The third kappa shape index (κ3) is 5.37. The molecule has 0 saturated carbocycles. The molecule has 0 spiro atoms. The summed E-state index contributed by atoms with van der Waals surface area (Å²) in [6.07, 6.45) is 4.27. The fraction of sp³-hybridized carbons (Fsp3) is 0.519. The lowest BCUT2D eigenvalue weighted by atomic mass is 9.91. The number of amides is 1.